The average Bonchev–Trinajstić information content (AvgIpc) is 3.23. The molecule has 2 heterocycles. The van der Waals surface area contributed by atoms with E-state index in [4.69, 9.17) is 21.1 Å². The normalized spacial score (nSPS) is 14.0. The first kappa shape index (κ1) is 15.5. The van der Waals surface area contributed by atoms with Gasteiger partial charge in [0.25, 0.3) is 5.56 Å². The van der Waals surface area contributed by atoms with Crippen molar-refractivity contribution in [3.8, 4) is 22.8 Å². The number of benzene rings is 2. The molecule has 0 saturated heterocycles. The lowest BCUT2D eigenvalue weighted by Crippen LogP contribution is -2.23. The van der Waals surface area contributed by atoms with E-state index < -0.39 is 0 Å². The van der Waals surface area contributed by atoms with Crippen LogP contribution in [0.15, 0.2) is 41.2 Å². The van der Waals surface area contributed by atoms with Gasteiger partial charge in [-0.3, -0.25) is 9.59 Å². The van der Waals surface area contributed by atoms with Crippen LogP contribution >= 0.6 is 11.6 Å². The monoisotopic (exact) mass is 367 g/mol. The highest BCUT2D eigenvalue weighted by Gasteiger charge is 2.33. The van der Waals surface area contributed by atoms with Crippen molar-refractivity contribution in [1.29, 1.82) is 0 Å². The summed E-state index contributed by atoms with van der Waals surface area (Å²) in [6.07, 6.45) is 0.639. The lowest BCUT2D eigenvalue weighted by Gasteiger charge is -2.15. The minimum Gasteiger partial charge on any atom is -0.454 e. The second-order valence-corrected chi connectivity index (χ2v) is 6.73. The van der Waals surface area contributed by atoms with E-state index in [1.165, 1.54) is 0 Å². The molecule has 3 aromatic rings. The van der Waals surface area contributed by atoms with E-state index in [-0.39, 0.29) is 18.1 Å². The molecule has 26 heavy (non-hydrogen) atoms. The number of ether oxygens (including phenoxy) is 2. The second kappa shape index (κ2) is 5.61. The predicted molar refractivity (Wildman–Crippen MR) is 98.5 cm³/mol. The summed E-state index contributed by atoms with van der Waals surface area (Å²) in [5.41, 5.74) is 2.48. The van der Waals surface area contributed by atoms with Crippen molar-refractivity contribution < 1.29 is 14.3 Å². The van der Waals surface area contributed by atoms with E-state index in [1.54, 1.807) is 22.8 Å². The molecular formula is C20H14ClNO4. The molecule has 2 aliphatic rings. The second-order valence-electron chi connectivity index (χ2n) is 6.35. The molecule has 0 bridgehead atoms. The molecule has 130 valence electrons. The summed E-state index contributed by atoms with van der Waals surface area (Å²) < 4.78 is 12.5. The highest BCUT2D eigenvalue weighted by atomic mass is 35.5. The van der Waals surface area contributed by atoms with Gasteiger partial charge in [0.05, 0.1) is 16.6 Å². The molecule has 1 aromatic heterocycles. The molecule has 0 amide bonds. The first-order chi connectivity index (χ1) is 12.7. The number of carbonyl (C=O) groups is 1. The predicted octanol–water partition coefficient (Wildman–Crippen LogP) is 3.57. The Balaban J connectivity index is 1.92. The fourth-order valence-corrected chi connectivity index (χ4v) is 3.92. The molecule has 0 atom stereocenters. The van der Waals surface area contributed by atoms with E-state index in [0.29, 0.717) is 57.9 Å². The van der Waals surface area contributed by atoms with Gasteiger partial charge in [-0.05, 0) is 18.6 Å². The molecule has 0 N–H and O–H groups in total. The maximum atomic E-state index is 13.2. The molecule has 5 rings (SSSR count). The molecule has 1 aliphatic heterocycles. The van der Waals surface area contributed by atoms with Gasteiger partial charge in [-0.25, -0.2) is 0 Å². The average molecular weight is 368 g/mol. The summed E-state index contributed by atoms with van der Waals surface area (Å²) in [7, 11) is 0. The molecule has 0 fully saturated rings. The highest BCUT2D eigenvalue weighted by Crippen LogP contribution is 2.43. The van der Waals surface area contributed by atoms with Crippen molar-refractivity contribution in [1.82, 2.24) is 4.57 Å². The third-order valence-corrected chi connectivity index (χ3v) is 5.20. The molecule has 6 heteroatoms. The number of ketones is 1. The van der Waals surface area contributed by atoms with Gasteiger partial charge in [0.2, 0.25) is 6.79 Å². The van der Waals surface area contributed by atoms with E-state index in [1.807, 2.05) is 18.2 Å². The number of halogens is 1. The van der Waals surface area contributed by atoms with E-state index in [0.717, 1.165) is 5.56 Å². The molecule has 0 unspecified atom stereocenters. The highest BCUT2D eigenvalue weighted by molar-refractivity contribution is 6.26. The number of carbonyl (C=O) groups excluding carboxylic acids is 1. The van der Waals surface area contributed by atoms with Crippen LogP contribution in [0.25, 0.3) is 22.0 Å². The van der Waals surface area contributed by atoms with E-state index >= 15 is 0 Å². The first-order valence-electron chi connectivity index (χ1n) is 8.41. The number of fused-ring (bicyclic) bond motifs is 6. The molecule has 2 aromatic carbocycles. The zero-order chi connectivity index (χ0) is 17.8. The molecule has 5 nitrogen and oxygen atoms in total. The van der Waals surface area contributed by atoms with Crippen LogP contribution in [0, 0.1) is 0 Å². The van der Waals surface area contributed by atoms with Crippen molar-refractivity contribution in [2.75, 3.05) is 12.7 Å². The lowest BCUT2D eigenvalue weighted by molar-refractivity contribution is 0.104. The third kappa shape index (κ3) is 1.98. The molecule has 0 radical (unpaired) electrons. The van der Waals surface area contributed by atoms with Gasteiger partial charge in [0.15, 0.2) is 17.3 Å². The zero-order valence-corrected chi connectivity index (χ0v) is 14.5. The maximum absolute atomic E-state index is 13.2. The number of hydrogen-bond acceptors (Lipinski definition) is 4. The van der Waals surface area contributed by atoms with Crippen LogP contribution in [0.3, 0.4) is 0 Å². The van der Waals surface area contributed by atoms with Crippen molar-refractivity contribution in [3.05, 3.63) is 57.9 Å². The third-order valence-electron chi connectivity index (χ3n) is 4.93. The van der Waals surface area contributed by atoms with Crippen molar-refractivity contribution in [2.45, 2.75) is 13.0 Å². The number of pyridine rings is 1. The van der Waals surface area contributed by atoms with Crippen LogP contribution < -0.4 is 15.0 Å². The van der Waals surface area contributed by atoms with Gasteiger partial charge in [-0.15, -0.1) is 11.6 Å². The van der Waals surface area contributed by atoms with Gasteiger partial charge in [0.1, 0.15) is 0 Å². The Morgan fingerprint density at radius 3 is 2.42 bits per heavy atom. The summed E-state index contributed by atoms with van der Waals surface area (Å²) >= 11 is 5.86. The van der Waals surface area contributed by atoms with Crippen molar-refractivity contribution in [3.63, 3.8) is 0 Å². The van der Waals surface area contributed by atoms with Crippen LogP contribution in [0.2, 0.25) is 0 Å². The summed E-state index contributed by atoms with van der Waals surface area (Å²) in [6, 6.07) is 10.8. The van der Waals surface area contributed by atoms with Crippen molar-refractivity contribution >= 4 is 28.2 Å². The number of aromatic nitrogens is 1. The lowest BCUT2D eigenvalue weighted by atomic mass is 10.0. The van der Waals surface area contributed by atoms with Gasteiger partial charge >= 0.3 is 0 Å². The minimum atomic E-state index is -0.147. The largest absolute Gasteiger partial charge is 0.454 e. The Morgan fingerprint density at radius 1 is 1.00 bits per heavy atom. The van der Waals surface area contributed by atoms with Crippen LogP contribution in [-0.4, -0.2) is 23.0 Å². The molecule has 0 spiro atoms. The summed E-state index contributed by atoms with van der Waals surface area (Å²) in [6.45, 7) is 0.569. The number of hydrogen-bond donors (Lipinski definition) is 0. The molecule has 1 aliphatic carbocycles. The first-order valence-corrected chi connectivity index (χ1v) is 8.94. The van der Waals surface area contributed by atoms with Gasteiger partial charge < -0.3 is 14.0 Å². The topological polar surface area (TPSA) is 57.5 Å². The Labute approximate surface area is 153 Å². The Morgan fingerprint density at radius 2 is 1.69 bits per heavy atom. The quantitative estimate of drug-likeness (QED) is 0.519. The maximum Gasteiger partial charge on any atom is 0.259 e. The number of nitrogens with zero attached hydrogens (tertiary/aromatic N) is 1. The smallest absolute Gasteiger partial charge is 0.259 e. The fourth-order valence-electron chi connectivity index (χ4n) is 3.80. The van der Waals surface area contributed by atoms with Gasteiger partial charge in [-0.2, -0.15) is 0 Å². The van der Waals surface area contributed by atoms with E-state index in [9.17, 15) is 9.59 Å². The molecular weight excluding hydrogens is 354 g/mol. The Bertz CT molecular complexity index is 1150. The van der Waals surface area contributed by atoms with Crippen LogP contribution in [0.4, 0.5) is 0 Å². The Kier molecular flexibility index (Phi) is 3.34. The SMILES string of the molecule is O=C1c2ccccc2-c2c1c1cc3c(cc1c(=O)n2CCCCl)OCO3. The van der Waals surface area contributed by atoms with Crippen molar-refractivity contribution in [2.24, 2.45) is 0 Å². The zero-order valence-electron chi connectivity index (χ0n) is 13.8. The summed E-state index contributed by atoms with van der Waals surface area (Å²) in [5.74, 6) is 1.46. The summed E-state index contributed by atoms with van der Waals surface area (Å²) in [5, 5.41) is 1.07. The van der Waals surface area contributed by atoms with E-state index in [2.05, 4.69) is 0 Å². The van der Waals surface area contributed by atoms with Gasteiger partial charge in [0, 0.05) is 28.9 Å². The summed E-state index contributed by atoms with van der Waals surface area (Å²) in [4.78, 5) is 26.3. The number of alkyl halides is 1. The molecule has 0 saturated carbocycles. The minimum absolute atomic E-state index is 0.0703. The fraction of sp³-hybridized carbons (Fsp3) is 0.200. The van der Waals surface area contributed by atoms with Gasteiger partial charge in [-0.1, -0.05) is 24.3 Å². The Hall–Kier alpha value is -2.79. The standard InChI is InChI=1S/C20H14ClNO4/c21-6-3-7-22-18-11-4-1-2-5-12(11)19(23)17(18)13-8-15-16(26-10-25-15)9-14(13)20(22)24/h1-2,4-5,8-9H,3,6-7,10H2. The number of rotatable bonds is 3. The van der Waals surface area contributed by atoms with Crippen LogP contribution in [0.5, 0.6) is 11.5 Å². The van der Waals surface area contributed by atoms with Crippen LogP contribution in [0.1, 0.15) is 22.3 Å². The van der Waals surface area contributed by atoms with Crippen LogP contribution in [-0.2, 0) is 6.54 Å².